The van der Waals surface area contributed by atoms with Crippen molar-refractivity contribution in [3.05, 3.63) is 57.8 Å². The number of anilines is 1. The normalized spacial score (nSPS) is 10.8. The zero-order valence-corrected chi connectivity index (χ0v) is 13.0. The van der Waals surface area contributed by atoms with Gasteiger partial charge in [-0.05, 0) is 24.3 Å². The van der Waals surface area contributed by atoms with Crippen molar-refractivity contribution in [1.82, 2.24) is 5.16 Å². The summed E-state index contributed by atoms with van der Waals surface area (Å²) in [5.41, 5.74) is 7.11. The number of hydrogen-bond donors (Lipinski definition) is 1. The molecule has 6 heteroatoms. The molecule has 0 radical (unpaired) electrons. The lowest BCUT2D eigenvalue weighted by Crippen LogP contribution is -1.93. The minimum absolute atomic E-state index is 0.0905. The number of nitrogen functional groups attached to an aromatic ring is 1. The Bertz CT molecular complexity index is 799. The van der Waals surface area contributed by atoms with Crippen LogP contribution in [0.3, 0.4) is 0 Å². The Balaban J connectivity index is 2.31. The molecule has 0 saturated carbocycles. The molecule has 2 aromatic carbocycles. The highest BCUT2D eigenvalue weighted by Gasteiger charge is 2.23. The number of benzene rings is 2. The molecule has 0 fully saturated rings. The van der Waals surface area contributed by atoms with Gasteiger partial charge in [0.1, 0.15) is 5.82 Å². The van der Waals surface area contributed by atoms with Gasteiger partial charge in [-0.2, -0.15) is 0 Å². The first-order chi connectivity index (χ1) is 10.1. The molecule has 0 saturated heterocycles. The van der Waals surface area contributed by atoms with Crippen LogP contribution in [0.25, 0.3) is 22.5 Å². The van der Waals surface area contributed by atoms with E-state index >= 15 is 0 Å². The van der Waals surface area contributed by atoms with Crippen molar-refractivity contribution >= 4 is 33.3 Å². The fourth-order valence-corrected chi connectivity index (χ4v) is 2.83. The zero-order valence-electron chi connectivity index (χ0n) is 10.6. The van der Waals surface area contributed by atoms with Crippen molar-refractivity contribution in [1.29, 1.82) is 0 Å². The van der Waals surface area contributed by atoms with Gasteiger partial charge in [0.15, 0.2) is 11.6 Å². The SMILES string of the molecule is Nc1noc(-c2ccccc2Br)c1-c1c(F)cccc1Cl. The summed E-state index contributed by atoms with van der Waals surface area (Å²) in [5, 5.41) is 4.00. The lowest BCUT2D eigenvalue weighted by molar-refractivity contribution is 0.436. The monoisotopic (exact) mass is 366 g/mol. The number of rotatable bonds is 2. The van der Waals surface area contributed by atoms with E-state index in [-0.39, 0.29) is 16.4 Å². The van der Waals surface area contributed by atoms with Gasteiger partial charge in [-0.15, -0.1) is 0 Å². The molecule has 106 valence electrons. The van der Waals surface area contributed by atoms with Gasteiger partial charge in [-0.3, -0.25) is 0 Å². The largest absolute Gasteiger partial charge is 0.380 e. The zero-order chi connectivity index (χ0) is 15.0. The van der Waals surface area contributed by atoms with E-state index in [0.717, 1.165) is 10.0 Å². The van der Waals surface area contributed by atoms with E-state index in [1.807, 2.05) is 24.3 Å². The predicted molar refractivity (Wildman–Crippen MR) is 84.5 cm³/mol. The standard InChI is InChI=1S/C15H9BrClFN2O/c16-9-5-2-1-4-8(9)14-13(15(19)20-21-14)12-10(17)6-3-7-11(12)18/h1-7H,(H2,19,20). The molecule has 0 amide bonds. The van der Waals surface area contributed by atoms with Crippen LogP contribution in [0.5, 0.6) is 0 Å². The van der Waals surface area contributed by atoms with Crippen LogP contribution in [0.2, 0.25) is 5.02 Å². The van der Waals surface area contributed by atoms with Gasteiger partial charge in [0.05, 0.1) is 10.6 Å². The second kappa shape index (κ2) is 5.50. The summed E-state index contributed by atoms with van der Waals surface area (Å²) in [6, 6.07) is 11.8. The topological polar surface area (TPSA) is 52.0 Å². The maximum absolute atomic E-state index is 14.2. The van der Waals surface area contributed by atoms with Gasteiger partial charge in [0, 0.05) is 15.6 Å². The Morgan fingerprint density at radius 2 is 1.86 bits per heavy atom. The van der Waals surface area contributed by atoms with E-state index in [1.165, 1.54) is 12.1 Å². The van der Waals surface area contributed by atoms with E-state index in [1.54, 1.807) is 6.07 Å². The van der Waals surface area contributed by atoms with Crippen LogP contribution in [0, 0.1) is 5.82 Å². The molecular weight excluding hydrogens is 359 g/mol. The average molecular weight is 368 g/mol. The van der Waals surface area contributed by atoms with Crippen molar-refractivity contribution in [3.8, 4) is 22.5 Å². The molecule has 0 unspecified atom stereocenters. The number of aromatic nitrogens is 1. The van der Waals surface area contributed by atoms with Crippen LogP contribution in [-0.4, -0.2) is 5.16 Å². The van der Waals surface area contributed by atoms with Crippen LogP contribution >= 0.6 is 27.5 Å². The summed E-state index contributed by atoms with van der Waals surface area (Å²) >= 11 is 9.55. The number of halogens is 3. The highest BCUT2D eigenvalue weighted by atomic mass is 79.9. The van der Waals surface area contributed by atoms with Crippen molar-refractivity contribution in [2.24, 2.45) is 0 Å². The molecule has 3 aromatic rings. The average Bonchev–Trinajstić information content (AvgIpc) is 2.81. The molecule has 1 heterocycles. The summed E-state index contributed by atoms with van der Waals surface area (Å²) in [7, 11) is 0. The first-order valence-electron chi connectivity index (χ1n) is 6.04. The summed E-state index contributed by atoms with van der Waals surface area (Å²) in [6.07, 6.45) is 0. The summed E-state index contributed by atoms with van der Waals surface area (Å²) in [6.45, 7) is 0. The van der Waals surface area contributed by atoms with Gasteiger partial charge in [0.2, 0.25) is 0 Å². The molecule has 0 aliphatic heterocycles. The Labute approximate surface area is 133 Å². The maximum atomic E-state index is 14.2. The van der Waals surface area contributed by atoms with Crippen LogP contribution in [0.4, 0.5) is 10.2 Å². The first-order valence-corrected chi connectivity index (χ1v) is 7.21. The minimum Gasteiger partial charge on any atom is -0.380 e. The molecule has 0 bridgehead atoms. The summed E-state index contributed by atoms with van der Waals surface area (Å²) in [4.78, 5) is 0. The smallest absolute Gasteiger partial charge is 0.178 e. The van der Waals surface area contributed by atoms with E-state index in [4.69, 9.17) is 21.9 Å². The summed E-state index contributed by atoms with van der Waals surface area (Å²) in [5.74, 6) is -0.0227. The molecule has 0 spiro atoms. The Hall–Kier alpha value is -1.85. The van der Waals surface area contributed by atoms with Crippen molar-refractivity contribution in [2.75, 3.05) is 5.73 Å². The maximum Gasteiger partial charge on any atom is 0.178 e. The van der Waals surface area contributed by atoms with Gasteiger partial charge in [-0.1, -0.05) is 50.9 Å². The fraction of sp³-hybridized carbons (Fsp3) is 0. The lowest BCUT2D eigenvalue weighted by Gasteiger charge is -2.07. The molecule has 1 aromatic heterocycles. The second-order valence-corrected chi connectivity index (χ2v) is 5.61. The van der Waals surface area contributed by atoms with Crippen LogP contribution in [0.1, 0.15) is 0 Å². The van der Waals surface area contributed by atoms with Gasteiger partial charge >= 0.3 is 0 Å². The Morgan fingerprint density at radius 3 is 2.57 bits per heavy atom. The third kappa shape index (κ3) is 2.43. The van der Waals surface area contributed by atoms with Gasteiger partial charge < -0.3 is 10.3 Å². The number of nitrogens with two attached hydrogens (primary N) is 1. The molecule has 0 aliphatic rings. The van der Waals surface area contributed by atoms with Crippen LogP contribution in [0.15, 0.2) is 51.5 Å². The minimum atomic E-state index is -0.481. The number of hydrogen-bond acceptors (Lipinski definition) is 3. The third-order valence-corrected chi connectivity index (χ3v) is 4.06. The molecule has 0 aliphatic carbocycles. The molecule has 3 rings (SSSR count). The lowest BCUT2D eigenvalue weighted by atomic mass is 10.0. The Morgan fingerprint density at radius 1 is 1.10 bits per heavy atom. The van der Waals surface area contributed by atoms with Gasteiger partial charge in [-0.25, -0.2) is 4.39 Å². The van der Waals surface area contributed by atoms with Gasteiger partial charge in [0.25, 0.3) is 0 Å². The van der Waals surface area contributed by atoms with Crippen molar-refractivity contribution in [2.45, 2.75) is 0 Å². The van der Waals surface area contributed by atoms with E-state index in [2.05, 4.69) is 21.1 Å². The van der Waals surface area contributed by atoms with Crippen molar-refractivity contribution < 1.29 is 8.91 Å². The third-order valence-electron chi connectivity index (χ3n) is 3.05. The predicted octanol–water partition coefficient (Wildman–Crippen LogP) is 5.15. The molecular formula is C15H9BrClFN2O. The van der Waals surface area contributed by atoms with Crippen LogP contribution in [-0.2, 0) is 0 Å². The van der Waals surface area contributed by atoms with E-state index < -0.39 is 5.82 Å². The molecule has 21 heavy (non-hydrogen) atoms. The fourth-order valence-electron chi connectivity index (χ4n) is 2.11. The first kappa shape index (κ1) is 14.1. The molecule has 2 N–H and O–H groups in total. The second-order valence-electron chi connectivity index (χ2n) is 4.35. The van der Waals surface area contributed by atoms with E-state index in [0.29, 0.717) is 11.3 Å². The quantitative estimate of drug-likeness (QED) is 0.682. The van der Waals surface area contributed by atoms with E-state index in [9.17, 15) is 4.39 Å². The highest BCUT2D eigenvalue weighted by molar-refractivity contribution is 9.10. The highest BCUT2D eigenvalue weighted by Crippen LogP contribution is 2.42. The Kier molecular flexibility index (Phi) is 3.69. The van der Waals surface area contributed by atoms with Crippen LogP contribution < -0.4 is 5.73 Å². The van der Waals surface area contributed by atoms with Crippen molar-refractivity contribution in [3.63, 3.8) is 0 Å². The number of nitrogens with zero attached hydrogens (tertiary/aromatic N) is 1. The summed E-state index contributed by atoms with van der Waals surface area (Å²) < 4.78 is 20.3. The molecule has 0 atom stereocenters. The molecule has 3 nitrogen and oxygen atoms in total.